The lowest BCUT2D eigenvalue weighted by Crippen LogP contribution is -2.45. The molecule has 0 aliphatic carbocycles. The van der Waals surface area contributed by atoms with Crippen LogP contribution in [0.15, 0.2) is 29.2 Å². The normalized spacial score (nSPS) is 22.0. The zero-order chi connectivity index (χ0) is 21.8. The molecule has 2 fully saturated rings. The molecule has 0 radical (unpaired) electrons. The number of hydrogen-bond acceptors (Lipinski definition) is 5. The Balaban J connectivity index is 1.56. The maximum Gasteiger partial charge on any atom is 0.243 e. The Morgan fingerprint density at radius 1 is 0.967 bits per heavy atom. The number of carbonyl (C=O) groups excluding carboxylic acids is 1. The van der Waals surface area contributed by atoms with Gasteiger partial charge in [-0.3, -0.25) is 4.79 Å². The zero-order valence-electron chi connectivity index (χ0n) is 17.4. The van der Waals surface area contributed by atoms with E-state index in [4.69, 9.17) is 0 Å². The molecule has 2 saturated heterocycles. The summed E-state index contributed by atoms with van der Waals surface area (Å²) in [5, 5.41) is 2.86. The molecule has 30 heavy (non-hydrogen) atoms. The third-order valence-corrected chi connectivity index (χ3v) is 9.62. The Hall–Kier alpha value is -1.49. The fourth-order valence-electron chi connectivity index (χ4n) is 3.96. The van der Waals surface area contributed by atoms with Crippen molar-refractivity contribution in [2.45, 2.75) is 50.5 Å². The molecule has 0 spiro atoms. The molecule has 0 aromatic heterocycles. The fraction of sp³-hybridized carbons (Fsp3) is 0.650. The predicted molar refractivity (Wildman–Crippen MR) is 115 cm³/mol. The molecule has 1 atom stereocenters. The molecule has 0 saturated carbocycles. The highest BCUT2D eigenvalue weighted by atomic mass is 32.2. The van der Waals surface area contributed by atoms with Crippen LogP contribution in [0.4, 0.5) is 0 Å². The van der Waals surface area contributed by atoms with E-state index in [-0.39, 0.29) is 35.6 Å². The van der Waals surface area contributed by atoms with E-state index in [1.807, 2.05) is 0 Å². The van der Waals surface area contributed by atoms with E-state index in [1.165, 1.54) is 8.61 Å². The summed E-state index contributed by atoms with van der Waals surface area (Å²) in [7, 11) is -6.76. The number of sulfonamides is 2. The molecule has 2 aliphatic rings. The van der Waals surface area contributed by atoms with E-state index in [1.54, 1.807) is 31.2 Å². The van der Waals surface area contributed by atoms with Gasteiger partial charge in [0, 0.05) is 32.7 Å². The molecule has 3 rings (SSSR count). The lowest BCUT2D eigenvalue weighted by molar-refractivity contribution is -0.126. The molecule has 1 N–H and O–H groups in total. The van der Waals surface area contributed by atoms with Gasteiger partial charge in [0.25, 0.3) is 0 Å². The molecule has 8 nitrogen and oxygen atoms in total. The Kier molecular flexibility index (Phi) is 7.54. The summed E-state index contributed by atoms with van der Waals surface area (Å²) in [6.07, 6.45) is 4.17. The molecule has 0 unspecified atom stereocenters. The minimum Gasteiger partial charge on any atom is -0.352 e. The molecule has 168 valence electrons. The number of amides is 1. The Labute approximate surface area is 179 Å². The molecule has 0 bridgehead atoms. The second-order valence-corrected chi connectivity index (χ2v) is 12.1. The first-order chi connectivity index (χ1) is 14.2. The van der Waals surface area contributed by atoms with Gasteiger partial charge in [-0.2, -0.15) is 4.31 Å². The van der Waals surface area contributed by atoms with Gasteiger partial charge in [-0.1, -0.05) is 18.6 Å². The van der Waals surface area contributed by atoms with Crippen LogP contribution in [0.5, 0.6) is 0 Å². The Morgan fingerprint density at radius 3 is 2.23 bits per heavy atom. The van der Waals surface area contributed by atoms with Gasteiger partial charge in [0.1, 0.15) is 0 Å². The molecule has 2 heterocycles. The highest BCUT2D eigenvalue weighted by molar-refractivity contribution is 7.89. The number of nitrogens with one attached hydrogen (secondary N) is 1. The van der Waals surface area contributed by atoms with Crippen LogP contribution in [0, 0.1) is 5.92 Å². The maximum atomic E-state index is 12.7. The molecular formula is C20H31N3O5S2. The highest BCUT2D eigenvalue weighted by Crippen LogP contribution is 2.22. The minimum atomic E-state index is -3.47. The predicted octanol–water partition coefficient (Wildman–Crippen LogP) is 1.54. The van der Waals surface area contributed by atoms with E-state index < -0.39 is 20.0 Å². The topological polar surface area (TPSA) is 104 Å². The lowest BCUT2D eigenvalue weighted by atomic mass is 9.99. The number of hydrogen-bond donors (Lipinski definition) is 1. The van der Waals surface area contributed by atoms with Crippen molar-refractivity contribution in [3.63, 3.8) is 0 Å². The summed E-state index contributed by atoms with van der Waals surface area (Å²) in [4.78, 5) is 12.8. The number of nitrogens with zero attached hydrogens (tertiary/aromatic N) is 2. The largest absolute Gasteiger partial charge is 0.352 e. The van der Waals surface area contributed by atoms with Gasteiger partial charge in [-0.15, -0.1) is 0 Å². The van der Waals surface area contributed by atoms with Crippen LogP contribution in [-0.4, -0.2) is 63.3 Å². The number of piperidine rings is 2. The van der Waals surface area contributed by atoms with E-state index in [0.29, 0.717) is 32.5 Å². The van der Waals surface area contributed by atoms with Gasteiger partial charge in [-0.25, -0.2) is 21.1 Å². The molecule has 1 aromatic carbocycles. The monoisotopic (exact) mass is 457 g/mol. The van der Waals surface area contributed by atoms with Gasteiger partial charge in [-0.05, 0) is 50.3 Å². The van der Waals surface area contributed by atoms with Gasteiger partial charge in [0.15, 0.2) is 0 Å². The van der Waals surface area contributed by atoms with E-state index >= 15 is 0 Å². The molecule has 2 aliphatic heterocycles. The average Bonchev–Trinajstić information content (AvgIpc) is 2.78. The van der Waals surface area contributed by atoms with Crippen LogP contribution < -0.4 is 5.32 Å². The van der Waals surface area contributed by atoms with Crippen molar-refractivity contribution in [3.05, 3.63) is 29.8 Å². The Bertz CT molecular complexity index is 939. The van der Waals surface area contributed by atoms with Gasteiger partial charge >= 0.3 is 0 Å². The summed E-state index contributed by atoms with van der Waals surface area (Å²) in [6.45, 7) is 3.69. The van der Waals surface area contributed by atoms with Crippen LogP contribution >= 0.6 is 0 Å². The molecule has 1 aromatic rings. The third kappa shape index (κ3) is 5.40. The molecule has 10 heteroatoms. The van der Waals surface area contributed by atoms with E-state index in [0.717, 1.165) is 24.8 Å². The lowest BCUT2D eigenvalue weighted by Gasteiger charge is -2.30. The minimum absolute atomic E-state index is 0.0357. The van der Waals surface area contributed by atoms with E-state index in [2.05, 4.69) is 5.32 Å². The van der Waals surface area contributed by atoms with Crippen molar-refractivity contribution in [2.75, 3.05) is 31.9 Å². The van der Waals surface area contributed by atoms with Crippen molar-refractivity contribution >= 4 is 26.0 Å². The van der Waals surface area contributed by atoms with Crippen LogP contribution in [0.25, 0.3) is 0 Å². The smallest absolute Gasteiger partial charge is 0.243 e. The summed E-state index contributed by atoms with van der Waals surface area (Å²) in [5.74, 6) is -0.497. The quantitative estimate of drug-likeness (QED) is 0.669. The first-order valence-corrected chi connectivity index (χ1v) is 13.6. The maximum absolute atomic E-state index is 12.7. The zero-order valence-corrected chi connectivity index (χ0v) is 19.1. The van der Waals surface area contributed by atoms with Crippen LogP contribution in [-0.2, 0) is 31.4 Å². The second-order valence-electron chi connectivity index (χ2n) is 7.92. The highest BCUT2D eigenvalue weighted by Gasteiger charge is 2.31. The number of carbonyl (C=O) groups is 1. The molecule has 1 amide bonds. The summed E-state index contributed by atoms with van der Waals surface area (Å²) in [6, 6.07) is 6.60. The summed E-state index contributed by atoms with van der Waals surface area (Å²) < 4.78 is 52.5. The number of benzene rings is 1. The van der Waals surface area contributed by atoms with Crippen molar-refractivity contribution in [2.24, 2.45) is 5.92 Å². The SMILES string of the molecule is CCS(=O)(=O)N1CCC[C@H](C(=O)NCc2ccc(S(=O)(=O)N3CCCCC3)cc2)C1. The van der Waals surface area contributed by atoms with Crippen molar-refractivity contribution in [1.29, 1.82) is 0 Å². The standard InChI is InChI=1S/C20H31N3O5S2/c1-2-29(25,26)23-14-6-7-18(16-23)20(24)21-15-17-8-10-19(11-9-17)30(27,28)22-12-4-3-5-13-22/h8-11,18H,2-7,12-16H2,1H3,(H,21,24)/t18-/m0/s1. The fourth-order valence-corrected chi connectivity index (χ4v) is 6.66. The van der Waals surface area contributed by atoms with Crippen molar-refractivity contribution in [3.8, 4) is 0 Å². The molecular weight excluding hydrogens is 426 g/mol. The third-order valence-electron chi connectivity index (χ3n) is 5.86. The van der Waals surface area contributed by atoms with Gasteiger partial charge in [0.05, 0.1) is 16.6 Å². The first-order valence-electron chi connectivity index (χ1n) is 10.6. The second kappa shape index (κ2) is 9.76. The average molecular weight is 458 g/mol. The summed E-state index contributed by atoms with van der Waals surface area (Å²) >= 11 is 0. The van der Waals surface area contributed by atoms with Crippen LogP contribution in [0.2, 0.25) is 0 Å². The summed E-state index contributed by atoms with van der Waals surface area (Å²) in [5.41, 5.74) is 0.801. The van der Waals surface area contributed by atoms with Gasteiger partial charge < -0.3 is 5.32 Å². The number of rotatable bonds is 7. The van der Waals surface area contributed by atoms with E-state index in [9.17, 15) is 21.6 Å². The van der Waals surface area contributed by atoms with Gasteiger partial charge in [0.2, 0.25) is 26.0 Å². The van der Waals surface area contributed by atoms with Crippen molar-refractivity contribution < 1.29 is 21.6 Å². The van der Waals surface area contributed by atoms with Crippen LogP contribution in [0.1, 0.15) is 44.6 Å². The van der Waals surface area contributed by atoms with Crippen LogP contribution in [0.3, 0.4) is 0 Å². The van der Waals surface area contributed by atoms with Crippen molar-refractivity contribution in [1.82, 2.24) is 13.9 Å². The Morgan fingerprint density at radius 2 is 1.60 bits per heavy atom. The first kappa shape index (κ1) is 23.2.